The molecule has 4 aromatic rings. The topological polar surface area (TPSA) is 55.2 Å². The molecule has 0 saturated carbocycles. The first-order chi connectivity index (χ1) is 14.2. The molecule has 0 aliphatic rings. The number of H-pyrrole nitrogens is 1. The molecule has 144 valence electrons. The largest absolute Gasteiger partial charge is 0.489 e. The first kappa shape index (κ1) is 18.8. The number of benzene rings is 3. The highest BCUT2D eigenvalue weighted by molar-refractivity contribution is 7.71. The summed E-state index contributed by atoms with van der Waals surface area (Å²) in [6.45, 7) is 2.58. The van der Waals surface area contributed by atoms with E-state index in [9.17, 15) is 0 Å². The van der Waals surface area contributed by atoms with Crippen molar-refractivity contribution in [2.45, 2.75) is 13.5 Å². The summed E-state index contributed by atoms with van der Waals surface area (Å²) < 4.78 is 7.91. The highest BCUT2D eigenvalue weighted by Gasteiger charge is 2.10. The molecule has 0 unspecified atom stereocenters. The van der Waals surface area contributed by atoms with Gasteiger partial charge in [-0.3, -0.25) is 0 Å². The molecule has 0 aliphatic heterocycles. The molecule has 0 spiro atoms. The number of rotatable bonds is 6. The summed E-state index contributed by atoms with van der Waals surface area (Å²) in [4.78, 5) is 0. The molecular weight excluding hydrogens is 380 g/mol. The highest BCUT2D eigenvalue weighted by Crippen LogP contribution is 2.21. The Hall–Kier alpha value is -3.51. The van der Waals surface area contributed by atoms with E-state index < -0.39 is 0 Å². The van der Waals surface area contributed by atoms with Gasteiger partial charge < -0.3 is 4.74 Å². The zero-order valence-electron chi connectivity index (χ0n) is 15.9. The van der Waals surface area contributed by atoms with Crippen LogP contribution in [0.5, 0.6) is 5.75 Å². The zero-order valence-corrected chi connectivity index (χ0v) is 16.8. The fourth-order valence-electron chi connectivity index (χ4n) is 2.91. The Morgan fingerprint density at radius 2 is 1.72 bits per heavy atom. The van der Waals surface area contributed by atoms with E-state index in [1.807, 2.05) is 85.8 Å². The lowest BCUT2D eigenvalue weighted by atomic mass is 10.1. The standard InChI is InChI=1S/C23H20N4OS/c1-17-7-5-6-10-21(17)22-25-26-23(29)27(22)24-15-18-11-13-20(14-12-18)28-16-19-8-3-2-4-9-19/h2-15H,16H2,1H3,(H,26,29). The molecule has 3 aromatic carbocycles. The zero-order chi connectivity index (χ0) is 20.1. The molecule has 4 rings (SSSR count). The van der Waals surface area contributed by atoms with Crippen molar-refractivity contribution in [3.63, 3.8) is 0 Å². The second kappa shape index (κ2) is 8.67. The van der Waals surface area contributed by atoms with Crippen LogP contribution in [0.4, 0.5) is 0 Å². The van der Waals surface area contributed by atoms with Gasteiger partial charge in [-0.25, -0.2) is 5.10 Å². The van der Waals surface area contributed by atoms with E-state index in [2.05, 4.69) is 15.3 Å². The summed E-state index contributed by atoms with van der Waals surface area (Å²) in [5, 5.41) is 11.7. The van der Waals surface area contributed by atoms with E-state index in [-0.39, 0.29) is 0 Å². The lowest BCUT2D eigenvalue weighted by Gasteiger charge is -2.06. The van der Waals surface area contributed by atoms with Crippen LogP contribution in [0.1, 0.15) is 16.7 Å². The molecule has 0 radical (unpaired) electrons. The van der Waals surface area contributed by atoms with Crippen molar-refractivity contribution in [1.29, 1.82) is 0 Å². The van der Waals surface area contributed by atoms with Gasteiger partial charge in [-0.05, 0) is 60.1 Å². The molecule has 1 N–H and O–H groups in total. The highest BCUT2D eigenvalue weighted by atomic mass is 32.1. The maximum Gasteiger partial charge on any atom is 0.216 e. The monoisotopic (exact) mass is 400 g/mol. The molecular formula is C23H20N4OS. The second-order valence-corrected chi connectivity index (χ2v) is 6.95. The van der Waals surface area contributed by atoms with Gasteiger partial charge in [0.05, 0.1) is 6.21 Å². The van der Waals surface area contributed by atoms with Crippen LogP contribution in [0, 0.1) is 11.7 Å². The summed E-state index contributed by atoms with van der Waals surface area (Å²) in [6.07, 6.45) is 1.76. The van der Waals surface area contributed by atoms with Crippen LogP contribution in [0.25, 0.3) is 11.4 Å². The molecule has 0 fully saturated rings. The van der Waals surface area contributed by atoms with Crippen molar-refractivity contribution in [2.24, 2.45) is 5.10 Å². The smallest absolute Gasteiger partial charge is 0.216 e. The van der Waals surface area contributed by atoms with Crippen LogP contribution in [0.3, 0.4) is 0 Å². The summed E-state index contributed by atoms with van der Waals surface area (Å²) in [5.41, 5.74) is 4.17. The number of nitrogens with one attached hydrogen (secondary N) is 1. The molecule has 0 saturated heterocycles. The SMILES string of the molecule is Cc1ccccc1-c1n[nH]c(=S)n1N=Cc1ccc(OCc2ccccc2)cc1. The Balaban J connectivity index is 1.49. The molecule has 29 heavy (non-hydrogen) atoms. The number of aromatic nitrogens is 3. The van der Waals surface area contributed by atoms with Crippen molar-refractivity contribution in [3.8, 4) is 17.1 Å². The number of ether oxygens (including phenoxy) is 1. The van der Waals surface area contributed by atoms with Crippen molar-refractivity contribution in [2.75, 3.05) is 0 Å². The Morgan fingerprint density at radius 1 is 1.00 bits per heavy atom. The van der Waals surface area contributed by atoms with E-state index in [0.717, 1.165) is 28.0 Å². The lowest BCUT2D eigenvalue weighted by molar-refractivity contribution is 0.306. The van der Waals surface area contributed by atoms with Crippen LogP contribution in [0.15, 0.2) is 84.0 Å². The van der Waals surface area contributed by atoms with Gasteiger partial charge in [0, 0.05) is 5.56 Å². The maximum absolute atomic E-state index is 5.83. The van der Waals surface area contributed by atoms with Crippen molar-refractivity contribution < 1.29 is 4.74 Å². The van der Waals surface area contributed by atoms with Crippen LogP contribution in [0.2, 0.25) is 0 Å². The average Bonchev–Trinajstić information content (AvgIpc) is 3.13. The fraction of sp³-hybridized carbons (Fsp3) is 0.0870. The van der Waals surface area contributed by atoms with Gasteiger partial charge in [-0.1, -0.05) is 54.6 Å². The third-order valence-corrected chi connectivity index (χ3v) is 4.75. The third kappa shape index (κ3) is 4.50. The van der Waals surface area contributed by atoms with E-state index in [1.54, 1.807) is 10.9 Å². The number of nitrogens with zero attached hydrogens (tertiary/aromatic N) is 3. The average molecular weight is 401 g/mol. The second-order valence-electron chi connectivity index (χ2n) is 6.57. The van der Waals surface area contributed by atoms with Gasteiger partial charge in [-0.15, -0.1) is 0 Å². The van der Waals surface area contributed by atoms with Crippen molar-refractivity contribution >= 4 is 18.4 Å². The fourth-order valence-corrected chi connectivity index (χ4v) is 3.09. The molecule has 0 atom stereocenters. The predicted octanol–water partition coefficient (Wildman–Crippen LogP) is 5.38. The summed E-state index contributed by atoms with van der Waals surface area (Å²) >= 11 is 5.34. The minimum absolute atomic E-state index is 0.447. The first-order valence-corrected chi connectivity index (χ1v) is 9.66. The van der Waals surface area contributed by atoms with Crippen LogP contribution in [-0.2, 0) is 6.61 Å². The van der Waals surface area contributed by atoms with Gasteiger partial charge in [0.2, 0.25) is 4.77 Å². The Morgan fingerprint density at radius 3 is 2.48 bits per heavy atom. The van der Waals surface area contributed by atoms with Crippen molar-refractivity contribution in [1.82, 2.24) is 14.9 Å². The molecule has 0 bridgehead atoms. The summed E-state index contributed by atoms with van der Waals surface area (Å²) in [5.74, 6) is 1.50. The minimum atomic E-state index is 0.447. The van der Waals surface area contributed by atoms with Crippen molar-refractivity contribution in [3.05, 3.63) is 100 Å². The molecule has 0 amide bonds. The number of hydrogen-bond donors (Lipinski definition) is 1. The molecule has 5 nitrogen and oxygen atoms in total. The summed E-state index contributed by atoms with van der Waals surface area (Å²) in [7, 11) is 0. The van der Waals surface area contributed by atoms with E-state index >= 15 is 0 Å². The van der Waals surface area contributed by atoms with Gasteiger partial charge in [0.1, 0.15) is 12.4 Å². The molecule has 1 heterocycles. The number of aryl methyl sites for hydroxylation is 1. The maximum atomic E-state index is 5.83. The number of aromatic amines is 1. The van der Waals surface area contributed by atoms with Crippen LogP contribution < -0.4 is 4.74 Å². The van der Waals surface area contributed by atoms with Gasteiger partial charge in [0.25, 0.3) is 0 Å². The molecule has 6 heteroatoms. The minimum Gasteiger partial charge on any atom is -0.489 e. The lowest BCUT2D eigenvalue weighted by Crippen LogP contribution is -1.97. The van der Waals surface area contributed by atoms with E-state index in [1.165, 1.54) is 0 Å². The summed E-state index contributed by atoms with van der Waals surface area (Å²) in [6, 6.07) is 25.9. The Kier molecular flexibility index (Phi) is 5.63. The van der Waals surface area contributed by atoms with Crippen LogP contribution >= 0.6 is 12.2 Å². The normalized spacial score (nSPS) is 11.1. The molecule has 1 aromatic heterocycles. The molecule has 0 aliphatic carbocycles. The third-order valence-electron chi connectivity index (χ3n) is 4.49. The van der Waals surface area contributed by atoms with Gasteiger partial charge in [-0.2, -0.15) is 14.9 Å². The van der Waals surface area contributed by atoms with E-state index in [0.29, 0.717) is 17.2 Å². The predicted molar refractivity (Wildman–Crippen MR) is 118 cm³/mol. The quantitative estimate of drug-likeness (QED) is 0.349. The van der Waals surface area contributed by atoms with E-state index in [4.69, 9.17) is 17.0 Å². The van der Waals surface area contributed by atoms with Gasteiger partial charge >= 0.3 is 0 Å². The number of hydrogen-bond acceptors (Lipinski definition) is 4. The van der Waals surface area contributed by atoms with Gasteiger partial charge in [0.15, 0.2) is 5.82 Å². The van der Waals surface area contributed by atoms with Crippen LogP contribution in [-0.4, -0.2) is 21.1 Å². The first-order valence-electron chi connectivity index (χ1n) is 9.25. The Labute approximate surface area is 174 Å². The Bertz CT molecular complexity index is 1180.